The van der Waals surface area contributed by atoms with Gasteiger partial charge in [-0.15, -0.1) is 0 Å². The van der Waals surface area contributed by atoms with Crippen LogP contribution in [0.5, 0.6) is 0 Å². The maximum atomic E-state index is 13.1. The van der Waals surface area contributed by atoms with Crippen molar-refractivity contribution in [1.82, 2.24) is 20.0 Å². The summed E-state index contributed by atoms with van der Waals surface area (Å²) < 4.78 is 15.0. The fourth-order valence-corrected chi connectivity index (χ4v) is 3.03. The van der Waals surface area contributed by atoms with Crippen LogP contribution in [0.15, 0.2) is 41.7 Å². The van der Waals surface area contributed by atoms with E-state index in [0.717, 1.165) is 50.9 Å². The Balaban J connectivity index is 1.47. The Labute approximate surface area is 148 Å². The van der Waals surface area contributed by atoms with Gasteiger partial charge in [-0.1, -0.05) is 0 Å². The molecule has 0 spiro atoms. The van der Waals surface area contributed by atoms with E-state index in [-0.39, 0.29) is 5.82 Å². The van der Waals surface area contributed by atoms with Gasteiger partial charge in [-0.25, -0.2) is 4.39 Å². The Hall–Kier alpha value is -2.57. The molecule has 25 heavy (non-hydrogen) atoms. The van der Waals surface area contributed by atoms with Crippen LogP contribution in [-0.4, -0.2) is 60.4 Å². The number of hydrogen-bond donors (Lipinski definition) is 1. The average Bonchev–Trinajstić information content (AvgIpc) is 3.05. The number of piperazine rings is 1. The summed E-state index contributed by atoms with van der Waals surface area (Å²) in [7, 11) is 1.81. The predicted octanol–water partition coefficient (Wildman–Crippen LogP) is 1.73. The third-order valence-corrected chi connectivity index (χ3v) is 4.37. The normalized spacial score (nSPS) is 15.6. The van der Waals surface area contributed by atoms with Crippen LogP contribution in [0.25, 0.3) is 0 Å². The molecule has 3 rings (SSSR count). The lowest BCUT2D eigenvalue weighted by Crippen LogP contribution is -2.52. The lowest BCUT2D eigenvalue weighted by molar-refractivity contribution is 0.371. The maximum Gasteiger partial charge on any atom is 0.193 e. The van der Waals surface area contributed by atoms with Crippen LogP contribution in [0.1, 0.15) is 5.56 Å². The zero-order valence-corrected chi connectivity index (χ0v) is 14.8. The Morgan fingerprint density at radius 1 is 1.20 bits per heavy atom. The number of aliphatic imine (C=N–C) groups is 1. The summed E-state index contributed by atoms with van der Waals surface area (Å²) in [6.45, 7) is 7.19. The van der Waals surface area contributed by atoms with Crippen LogP contribution in [0.3, 0.4) is 0 Å². The number of nitrogens with zero attached hydrogens (tertiary/aromatic N) is 5. The molecule has 1 aromatic carbocycles. The van der Waals surface area contributed by atoms with Crippen molar-refractivity contribution in [3.63, 3.8) is 0 Å². The first-order chi connectivity index (χ1) is 12.2. The molecule has 1 fully saturated rings. The Kier molecular flexibility index (Phi) is 5.53. The first-order valence-corrected chi connectivity index (χ1v) is 8.61. The number of guanidine groups is 1. The van der Waals surface area contributed by atoms with Gasteiger partial charge in [-0.05, 0) is 36.8 Å². The van der Waals surface area contributed by atoms with Crippen LogP contribution in [0, 0.1) is 12.7 Å². The lowest BCUT2D eigenvalue weighted by atomic mass is 10.2. The molecule has 2 heterocycles. The monoisotopic (exact) mass is 344 g/mol. The van der Waals surface area contributed by atoms with E-state index in [1.54, 1.807) is 0 Å². The molecule has 0 saturated carbocycles. The highest BCUT2D eigenvalue weighted by atomic mass is 19.1. The molecule has 0 unspecified atom stereocenters. The molecule has 1 saturated heterocycles. The fourth-order valence-electron chi connectivity index (χ4n) is 3.03. The highest BCUT2D eigenvalue weighted by Gasteiger charge is 2.19. The van der Waals surface area contributed by atoms with Crippen LogP contribution in [0.2, 0.25) is 0 Å². The zero-order chi connectivity index (χ0) is 17.6. The van der Waals surface area contributed by atoms with Crippen molar-refractivity contribution in [2.75, 3.05) is 44.7 Å². The number of benzene rings is 1. The summed E-state index contributed by atoms with van der Waals surface area (Å²) in [5.74, 6) is 0.724. The van der Waals surface area contributed by atoms with E-state index < -0.39 is 0 Å². The third kappa shape index (κ3) is 4.49. The van der Waals surface area contributed by atoms with E-state index in [1.807, 2.05) is 43.2 Å². The zero-order valence-electron chi connectivity index (χ0n) is 14.8. The number of rotatable bonds is 4. The number of aryl methyl sites for hydroxylation is 1. The smallest absolute Gasteiger partial charge is 0.193 e. The molecule has 0 bridgehead atoms. The van der Waals surface area contributed by atoms with Gasteiger partial charge in [-0.2, -0.15) is 5.10 Å². The summed E-state index contributed by atoms with van der Waals surface area (Å²) in [5.41, 5.74) is 2.24. The Bertz CT molecular complexity index is 701. The second-order valence-electron chi connectivity index (χ2n) is 6.21. The number of nitrogens with one attached hydrogen (secondary N) is 1. The molecule has 6 nitrogen and oxygen atoms in total. The van der Waals surface area contributed by atoms with E-state index in [4.69, 9.17) is 0 Å². The second-order valence-corrected chi connectivity index (χ2v) is 6.21. The lowest BCUT2D eigenvalue weighted by Gasteiger charge is -2.37. The Morgan fingerprint density at radius 3 is 2.52 bits per heavy atom. The quantitative estimate of drug-likeness (QED) is 0.678. The van der Waals surface area contributed by atoms with E-state index in [1.165, 1.54) is 17.7 Å². The van der Waals surface area contributed by atoms with Crippen LogP contribution >= 0.6 is 0 Å². The molecule has 7 heteroatoms. The number of anilines is 1. The highest BCUT2D eigenvalue weighted by molar-refractivity contribution is 5.80. The molecule has 1 N–H and O–H groups in total. The SMILES string of the molecule is CN=C(NCCn1cc(C)cn1)N1CCN(c2ccc(F)cc2)CC1. The van der Waals surface area contributed by atoms with Crippen LogP contribution in [-0.2, 0) is 6.54 Å². The summed E-state index contributed by atoms with van der Waals surface area (Å²) in [6.07, 6.45) is 3.90. The van der Waals surface area contributed by atoms with Crippen LogP contribution in [0.4, 0.5) is 10.1 Å². The van der Waals surface area contributed by atoms with Crippen molar-refractivity contribution in [1.29, 1.82) is 0 Å². The number of aromatic nitrogens is 2. The molecule has 1 aromatic heterocycles. The molecule has 0 aliphatic carbocycles. The molecule has 2 aromatic rings. The first kappa shape index (κ1) is 17.3. The van der Waals surface area contributed by atoms with Gasteiger partial charge in [0.25, 0.3) is 0 Å². The van der Waals surface area contributed by atoms with Crippen molar-refractivity contribution in [3.05, 3.63) is 48.0 Å². The summed E-state index contributed by atoms with van der Waals surface area (Å²) in [4.78, 5) is 8.92. The van der Waals surface area contributed by atoms with Gasteiger partial charge in [0.2, 0.25) is 0 Å². The average molecular weight is 344 g/mol. The maximum absolute atomic E-state index is 13.1. The topological polar surface area (TPSA) is 48.7 Å². The highest BCUT2D eigenvalue weighted by Crippen LogP contribution is 2.16. The minimum atomic E-state index is -0.195. The van der Waals surface area contributed by atoms with Crippen molar-refractivity contribution >= 4 is 11.6 Å². The molecule has 0 amide bonds. The summed E-state index contributed by atoms with van der Waals surface area (Å²) in [5, 5.41) is 7.70. The van der Waals surface area contributed by atoms with E-state index >= 15 is 0 Å². The van der Waals surface area contributed by atoms with Crippen molar-refractivity contribution in [3.8, 4) is 0 Å². The molecular weight excluding hydrogens is 319 g/mol. The van der Waals surface area contributed by atoms with Crippen molar-refractivity contribution < 1.29 is 4.39 Å². The van der Waals surface area contributed by atoms with Gasteiger partial charge in [0, 0.05) is 51.7 Å². The minimum Gasteiger partial charge on any atom is -0.368 e. The van der Waals surface area contributed by atoms with E-state index in [2.05, 4.69) is 25.2 Å². The van der Waals surface area contributed by atoms with E-state index in [9.17, 15) is 4.39 Å². The van der Waals surface area contributed by atoms with Crippen molar-refractivity contribution in [2.24, 2.45) is 4.99 Å². The summed E-state index contributed by atoms with van der Waals surface area (Å²) in [6, 6.07) is 6.70. The second kappa shape index (κ2) is 8.00. The minimum absolute atomic E-state index is 0.195. The molecular formula is C18H25FN6. The number of halogens is 1. The van der Waals surface area contributed by atoms with Gasteiger partial charge < -0.3 is 15.1 Å². The largest absolute Gasteiger partial charge is 0.368 e. The molecule has 0 atom stereocenters. The van der Waals surface area contributed by atoms with Crippen molar-refractivity contribution in [2.45, 2.75) is 13.5 Å². The third-order valence-electron chi connectivity index (χ3n) is 4.37. The van der Waals surface area contributed by atoms with Gasteiger partial charge in [0.15, 0.2) is 5.96 Å². The standard InChI is InChI=1S/C18H25FN6/c1-15-13-22-25(14-15)8-7-21-18(20-2)24-11-9-23(10-12-24)17-5-3-16(19)4-6-17/h3-6,13-14H,7-12H2,1-2H3,(H,20,21). The molecule has 1 aliphatic rings. The predicted molar refractivity (Wildman–Crippen MR) is 98.5 cm³/mol. The number of hydrogen-bond acceptors (Lipinski definition) is 3. The summed E-state index contributed by atoms with van der Waals surface area (Å²) >= 11 is 0. The molecule has 0 radical (unpaired) electrons. The van der Waals surface area contributed by atoms with Gasteiger partial charge in [0.05, 0.1) is 12.7 Å². The fraction of sp³-hybridized carbons (Fsp3) is 0.444. The van der Waals surface area contributed by atoms with Crippen LogP contribution < -0.4 is 10.2 Å². The first-order valence-electron chi connectivity index (χ1n) is 8.61. The van der Waals surface area contributed by atoms with Gasteiger partial charge in [-0.3, -0.25) is 9.67 Å². The molecule has 1 aliphatic heterocycles. The van der Waals surface area contributed by atoms with Gasteiger partial charge >= 0.3 is 0 Å². The van der Waals surface area contributed by atoms with E-state index in [0.29, 0.717) is 0 Å². The molecule has 134 valence electrons. The Morgan fingerprint density at radius 2 is 1.92 bits per heavy atom. The van der Waals surface area contributed by atoms with Gasteiger partial charge in [0.1, 0.15) is 5.82 Å².